The first-order chi connectivity index (χ1) is 16.0. The largest absolute Gasteiger partial charge is 0.378 e. The van der Waals surface area contributed by atoms with Gasteiger partial charge < -0.3 is 9.67 Å². The van der Waals surface area contributed by atoms with E-state index in [1.54, 1.807) is 0 Å². The summed E-state index contributed by atoms with van der Waals surface area (Å²) in [7, 11) is 0. The van der Waals surface area contributed by atoms with Gasteiger partial charge in [-0.2, -0.15) is 0 Å². The van der Waals surface area contributed by atoms with Crippen LogP contribution >= 0.6 is 0 Å². The molecule has 4 aromatic rings. The second-order valence-electron chi connectivity index (χ2n) is 9.68. The van der Waals surface area contributed by atoms with E-state index in [-0.39, 0.29) is 5.41 Å². The van der Waals surface area contributed by atoms with E-state index in [0.717, 1.165) is 28.9 Å². The summed E-state index contributed by atoms with van der Waals surface area (Å²) < 4.78 is 2.22. The number of aliphatic hydroxyl groups is 1. The molecule has 0 radical (unpaired) electrons. The van der Waals surface area contributed by atoms with Crippen LogP contribution in [0.15, 0.2) is 103 Å². The van der Waals surface area contributed by atoms with E-state index in [1.165, 1.54) is 5.56 Å². The van der Waals surface area contributed by atoms with Gasteiger partial charge in [-0.25, -0.2) is 4.98 Å². The lowest BCUT2D eigenvalue weighted by Crippen LogP contribution is -2.33. The molecule has 0 bridgehead atoms. The van der Waals surface area contributed by atoms with E-state index in [1.807, 2.05) is 36.4 Å². The van der Waals surface area contributed by atoms with E-state index in [2.05, 4.69) is 85.2 Å². The van der Waals surface area contributed by atoms with Crippen LogP contribution in [-0.4, -0.2) is 14.7 Å². The van der Waals surface area contributed by atoms with Crippen molar-refractivity contribution < 1.29 is 5.11 Å². The Morgan fingerprint density at radius 2 is 1.33 bits per heavy atom. The summed E-state index contributed by atoms with van der Waals surface area (Å²) in [6.07, 6.45) is 5.65. The normalized spacial score (nSPS) is 19.5. The van der Waals surface area contributed by atoms with Gasteiger partial charge in [0.25, 0.3) is 0 Å². The number of rotatable bonds is 5. The second-order valence-corrected chi connectivity index (χ2v) is 9.68. The van der Waals surface area contributed by atoms with E-state index in [9.17, 15) is 5.11 Å². The number of hydrogen-bond acceptors (Lipinski definition) is 2. The molecule has 1 unspecified atom stereocenters. The summed E-state index contributed by atoms with van der Waals surface area (Å²) in [4.78, 5) is 5.16. The minimum absolute atomic E-state index is 0.0770. The Hall–Kier alpha value is -3.43. The highest BCUT2D eigenvalue weighted by molar-refractivity contribution is 5.79. The molecule has 1 N–H and O–H groups in total. The number of allylic oxidation sites excluding steroid dienone is 1. The van der Waals surface area contributed by atoms with E-state index in [0.29, 0.717) is 18.8 Å². The molecule has 0 amide bonds. The van der Waals surface area contributed by atoms with Crippen LogP contribution in [0.4, 0.5) is 0 Å². The smallest absolute Gasteiger partial charge is 0.146 e. The second kappa shape index (κ2) is 8.49. The van der Waals surface area contributed by atoms with Gasteiger partial charge in [-0.05, 0) is 29.9 Å². The number of aromatic nitrogens is 2. The molecule has 1 atom stereocenters. The molecule has 3 nitrogen and oxygen atoms in total. The van der Waals surface area contributed by atoms with Gasteiger partial charge in [0, 0.05) is 17.7 Å². The van der Waals surface area contributed by atoms with Crippen LogP contribution in [0.5, 0.6) is 0 Å². The molecule has 1 aliphatic rings. The van der Waals surface area contributed by atoms with E-state index >= 15 is 0 Å². The molecule has 3 aromatic carbocycles. The molecule has 1 heterocycles. The molecule has 1 aromatic heterocycles. The van der Waals surface area contributed by atoms with Crippen LogP contribution in [0.3, 0.4) is 0 Å². The summed E-state index contributed by atoms with van der Waals surface area (Å²) in [5.41, 5.74) is 4.22. The Morgan fingerprint density at radius 1 is 0.758 bits per heavy atom. The highest BCUT2D eigenvalue weighted by Gasteiger charge is 2.39. The van der Waals surface area contributed by atoms with Crippen molar-refractivity contribution in [2.45, 2.75) is 38.8 Å². The summed E-state index contributed by atoms with van der Waals surface area (Å²) in [5, 5.41) is 11.9. The molecule has 0 fully saturated rings. The summed E-state index contributed by atoms with van der Waals surface area (Å²) in [6.45, 7) is 5.06. The maximum absolute atomic E-state index is 11.9. The topological polar surface area (TPSA) is 38.1 Å². The molecule has 166 valence electrons. The Morgan fingerprint density at radius 3 is 1.91 bits per heavy atom. The molecule has 3 heteroatoms. The van der Waals surface area contributed by atoms with Crippen molar-refractivity contribution in [3.8, 4) is 22.5 Å². The lowest BCUT2D eigenvalue weighted by Gasteiger charge is -2.34. The van der Waals surface area contributed by atoms with Crippen molar-refractivity contribution in [3.05, 3.63) is 115 Å². The molecule has 0 saturated heterocycles. The van der Waals surface area contributed by atoms with Crippen LogP contribution in [-0.2, 0) is 12.1 Å². The quantitative estimate of drug-likeness (QED) is 0.350. The van der Waals surface area contributed by atoms with E-state index < -0.39 is 5.60 Å². The Kier molecular flexibility index (Phi) is 5.51. The number of imidazole rings is 1. The monoisotopic (exact) mass is 434 g/mol. The Labute approximate surface area is 196 Å². The maximum Gasteiger partial charge on any atom is 0.146 e. The summed E-state index contributed by atoms with van der Waals surface area (Å²) in [6, 6.07) is 31.1. The fraction of sp³-hybridized carbons (Fsp3) is 0.233. The molecule has 0 spiro atoms. The number of hydrogen-bond donors (Lipinski definition) is 1. The van der Waals surface area contributed by atoms with Crippen LogP contribution < -0.4 is 0 Å². The third-order valence-electron chi connectivity index (χ3n) is 6.59. The van der Waals surface area contributed by atoms with Gasteiger partial charge in [0.15, 0.2) is 0 Å². The maximum atomic E-state index is 11.9. The fourth-order valence-corrected chi connectivity index (χ4v) is 4.62. The van der Waals surface area contributed by atoms with E-state index in [4.69, 9.17) is 4.98 Å². The van der Waals surface area contributed by atoms with Crippen molar-refractivity contribution in [2.75, 3.05) is 0 Å². The van der Waals surface area contributed by atoms with Gasteiger partial charge in [-0.15, -0.1) is 0 Å². The summed E-state index contributed by atoms with van der Waals surface area (Å²) >= 11 is 0. The van der Waals surface area contributed by atoms with Crippen LogP contribution in [0, 0.1) is 5.41 Å². The van der Waals surface area contributed by atoms with Crippen molar-refractivity contribution in [1.29, 1.82) is 0 Å². The summed E-state index contributed by atoms with van der Waals surface area (Å²) in [5.74, 6) is 0.704. The average Bonchev–Trinajstić information content (AvgIpc) is 3.23. The zero-order valence-corrected chi connectivity index (χ0v) is 19.3. The fourth-order valence-electron chi connectivity index (χ4n) is 4.62. The van der Waals surface area contributed by atoms with Gasteiger partial charge in [0.2, 0.25) is 0 Å². The highest BCUT2D eigenvalue weighted by Crippen LogP contribution is 2.43. The zero-order valence-electron chi connectivity index (χ0n) is 19.3. The molecular weight excluding hydrogens is 404 g/mol. The molecule has 1 aliphatic carbocycles. The lowest BCUT2D eigenvalue weighted by molar-refractivity contribution is 0.0465. The Balaban J connectivity index is 1.77. The van der Waals surface area contributed by atoms with Crippen LogP contribution in [0.1, 0.15) is 38.1 Å². The highest BCUT2D eigenvalue weighted by atomic mass is 16.3. The molecule has 0 aliphatic heterocycles. The number of benzene rings is 3. The zero-order chi connectivity index (χ0) is 22.9. The van der Waals surface area contributed by atoms with Gasteiger partial charge in [-0.3, -0.25) is 0 Å². The number of nitrogens with zero attached hydrogens (tertiary/aromatic N) is 2. The standard InChI is InChI=1S/C30H30N2O/c1-29(2)18-20-30(33,21-19-29)28-31-26(24-14-8-4-9-15-24)27(25-16-10-5-11-17-25)32(28)22-23-12-6-3-7-13-23/h3-18,20,33H,19,21-22H2,1-2H3. The van der Waals surface area contributed by atoms with Crippen molar-refractivity contribution in [3.63, 3.8) is 0 Å². The molecular formula is C30H30N2O. The van der Waals surface area contributed by atoms with Crippen molar-refractivity contribution in [1.82, 2.24) is 9.55 Å². The predicted octanol–water partition coefficient (Wildman–Crippen LogP) is 6.83. The SMILES string of the molecule is CC1(C)C=CC(O)(c2nc(-c3ccccc3)c(-c3ccccc3)n2Cc2ccccc2)CC1. The third-order valence-corrected chi connectivity index (χ3v) is 6.59. The van der Waals surface area contributed by atoms with Gasteiger partial charge in [0.1, 0.15) is 11.4 Å². The van der Waals surface area contributed by atoms with Gasteiger partial charge in [0.05, 0.1) is 11.4 Å². The first-order valence-electron chi connectivity index (χ1n) is 11.6. The van der Waals surface area contributed by atoms with Gasteiger partial charge in [-0.1, -0.05) is 111 Å². The first-order valence-corrected chi connectivity index (χ1v) is 11.6. The lowest BCUT2D eigenvalue weighted by atomic mass is 9.76. The minimum Gasteiger partial charge on any atom is -0.378 e. The Bertz CT molecular complexity index is 1260. The van der Waals surface area contributed by atoms with Crippen molar-refractivity contribution in [2.24, 2.45) is 5.41 Å². The van der Waals surface area contributed by atoms with Crippen LogP contribution in [0.25, 0.3) is 22.5 Å². The van der Waals surface area contributed by atoms with Crippen LogP contribution in [0.2, 0.25) is 0 Å². The molecule has 0 saturated carbocycles. The average molecular weight is 435 g/mol. The first kappa shape index (κ1) is 21.4. The minimum atomic E-state index is -1.11. The van der Waals surface area contributed by atoms with Crippen molar-refractivity contribution >= 4 is 0 Å². The third kappa shape index (κ3) is 4.29. The van der Waals surface area contributed by atoms with Gasteiger partial charge >= 0.3 is 0 Å². The predicted molar refractivity (Wildman–Crippen MR) is 135 cm³/mol. The molecule has 5 rings (SSSR count). The molecule has 33 heavy (non-hydrogen) atoms.